The third kappa shape index (κ3) is 36.6. The highest BCUT2D eigenvalue weighted by Crippen LogP contribution is 2.43. The van der Waals surface area contributed by atoms with E-state index in [1.807, 2.05) is 19.1 Å². The lowest BCUT2D eigenvalue weighted by atomic mass is 10.0. The van der Waals surface area contributed by atoms with Gasteiger partial charge in [-0.3, -0.25) is 18.6 Å². The van der Waals surface area contributed by atoms with E-state index in [1.165, 1.54) is 76.7 Å². The number of esters is 2. The molecule has 0 aromatic carbocycles. The van der Waals surface area contributed by atoms with Crippen molar-refractivity contribution in [3.8, 4) is 0 Å². The van der Waals surface area contributed by atoms with Gasteiger partial charge in [0, 0.05) is 12.8 Å². The summed E-state index contributed by atoms with van der Waals surface area (Å²) in [5, 5.41) is 48.7. The predicted octanol–water partition coefficient (Wildman–Crippen LogP) is 8.02. The van der Waals surface area contributed by atoms with Crippen LogP contribution in [0.15, 0.2) is 60.8 Å². The molecule has 0 amide bonds. The molecule has 14 heteroatoms. The van der Waals surface area contributed by atoms with E-state index in [9.17, 15) is 39.5 Å². The Kier molecular flexibility index (Phi) is 37.1. The molecule has 0 spiro atoms. The van der Waals surface area contributed by atoms with Crippen molar-refractivity contribution in [2.45, 2.75) is 179 Å². The number of rotatable bonds is 39. The molecule has 0 heterocycles. The van der Waals surface area contributed by atoms with Gasteiger partial charge in [0.05, 0.1) is 38.1 Å². The Morgan fingerprint density at radius 3 is 1.71 bits per heavy atom. The van der Waals surface area contributed by atoms with E-state index in [2.05, 4.69) is 11.4 Å². The summed E-state index contributed by atoms with van der Waals surface area (Å²) in [4.78, 5) is 35.0. The molecule has 0 fully saturated rings. The van der Waals surface area contributed by atoms with Gasteiger partial charge < -0.3 is 39.9 Å². The maximum atomic E-state index is 12.6. The summed E-state index contributed by atoms with van der Waals surface area (Å²) >= 11 is 0. The quantitative estimate of drug-likeness (QED) is 0.0114. The number of carbonyl (C=O) groups is 2. The van der Waals surface area contributed by atoms with Gasteiger partial charge in [-0.05, 0) is 32.1 Å². The molecule has 0 aliphatic carbocycles. The molecule has 1 unspecified atom stereocenters. The van der Waals surface area contributed by atoms with Crippen LogP contribution in [-0.2, 0) is 32.7 Å². The van der Waals surface area contributed by atoms with E-state index in [-0.39, 0.29) is 25.7 Å². The minimum Gasteiger partial charge on any atom is -0.462 e. The Bertz CT molecular complexity index is 1200. The Morgan fingerprint density at radius 1 is 0.621 bits per heavy atom. The zero-order chi connectivity index (χ0) is 43.1. The van der Waals surface area contributed by atoms with Crippen LogP contribution in [0.5, 0.6) is 0 Å². The Hall–Kier alpha value is -2.45. The summed E-state index contributed by atoms with van der Waals surface area (Å²) in [7, 11) is -4.70. The number of allylic oxidation sites excluding steroid dienone is 7. The average molecular weight is 845 g/mol. The van der Waals surface area contributed by atoms with Gasteiger partial charge in [0.2, 0.25) is 0 Å². The van der Waals surface area contributed by atoms with Crippen molar-refractivity contribution in [3.63, 3.8) is 0 Å². The molecule has 6 N–H and O–H groups in total. The van der Waals surface area contributed by atoms with Crippen LogP contribution in [0.1, 0.15) is 149 Å². The van der Waals surface area contributed by atoms with Gasteiger partial charge in [-0.1, -0.05) is 164 Å². The lowest BCUT2D eigenvalue weighted by molar-refractivity contribution is -0.161. The summed E-state index contributed by atoms with van der Waals surface area (Å²) in [6, 6.07) is 0. The van der Waals surface area contributed by atoms with E-state index in [0.717, 1.165) is 25.7 Å². The van der Waals surface area contributed by atoms with Crippen molar-refractivity contribution >= 4 is 19.8 Å². The molecule has 6 atom stereocenters. The lowest BCUT2D eigenvalue weighted by Gasteiger charge is -2.20. The van der Waals surface area contributed by atoms with Gasteiger partial charge in [-0.15, -0.1) is 0 Å². The number of ether oxygens (including phenoxy) is 2. The Morgan fingerprint density at radius 2 is 1.14 bits per heavy atom. The minimum absolute atomic E-state index is 0.0935. The molecule has 0 saturated heterocycles. The SMILES string of the molecule is CC/C=C\C[C@@H](O)/C=C/C=C/C=C\C=C/[C@H](O)[C@@H](O)CCCC(=O)OC[C@H](COP(=O)(O)OC[C@@H](O)CO)OC(=O)CCCCCCCCCCCCCCCCC. The van der Waals surface area contributed by atoms with Gasteiger partial charge in [0.25, 0.3) is 0 Å². The standard InChI is InChI=1S/C44H77O13P/c1-3-5-7-8-9-10-11-12-13-14-15-16-17-22-26-32-44(51)57-40(37-56-58(52,53)55-35-39(47)34-45)36-54-43(50)33-27-31-42(49)41(48)30-25-21-19-18-20-24-29-38(46)28-23-6-4-2/h6,18-21,23-25,29-30,38-42,45-49H,3-5,7-17,22,26-28,31-37H2,1-2H3,(H,52,53)/b20-18+,21-19-,23-6-,29-24+,30-25-/t38-,39+,40-,41+,42+/m1/s1. The van der Waals surface area contributed by atoms with Crippen LogP contribution in [-0.4, -0.2) is 99.3 Å². The number of hydrogen-bond donors (Lipinski definition) is 6. The number of aliphatic hydroxyl groups excluding tert-OH is 5. The predicted molar refractivity (Wildman–Crippen MR) is 228 cm³/mol. The normalized spacial score (nSPS) is 16.1. The molecule has 0 saturated carbocycles. The Balaban J connectivity index is 4.62. The van der Waals surface area contributed by atoms with E-state index in [1.54, 1.807) is 42.5 Å². The van der Waals surface area contributed by atoms with E-state index < -0.39 is 76.7 Å². The highest BCUT2D eigenvalue weighted by Gasteiger charge is 2.27. The molecular weight excluding hydrogens is 767 g/mol. The van der Waals surface area contributed by atoms with E-state index in [4.69, 9.17) is 19.1 Å². The van der Waals surface area contributed by atoms with Crippen molar-refractivity contribution in [2.75, 3.05) is 26.4 Å². The second kappa shape index (κ2) is 38.7. The van der Waals surface area contributed by atoms with Crippen LogP contribution in [0.3, 0.4) is 0 Å². The number of phosphoric ester groups is 1. The zero-order valence-electron chi connectivity index (χ0n) is 35.3. The topological polar surface area (TPSA) is 210 Å². The minimum atomic E-state index is -4.70. The number of phosphoric acid groups is 1. The van der Waals surface area contributed by atoms with Crippen molar-refractivity contribution < 1.29 is 63.1 Å². The summed E-state index contributed by atoms with van der Waals surface area (Å²) in [5.41, 5.74) is 0. The van der Waals surface area contributed by atoms with Crippen molar-refractivity contribution in [1.82, 2.24) is 0 Å². The highest BCUT2D eigenvalue weighted by atomic mass is 31.2. The van der Waals surface area contributed by atoms with Gasteiger partial charge in [-0.2, -0.15) is 0 Å². The van der Waals surface area contributed by atoms with E-state index >= 15 is 0 Å². The van der Waals surface area contributed by atoms with Crippen molar-refractivity contribution in [3.05, 3.63) is 60.8 Å². The Labute approximate surface area is 348 Å². The molecule has 0 rings (SSSR count). The molecule has 0 radical (unpaired) electrons. The van der Waals surface area contributed by atoms with Crippen molar-refractivity contribution in [1.29, 1.82) is 0 Å². The first kappa shape index (κ1) is 55.5. The lowest BCUT2D eigenvalue weighted by Crippen LogP contribution is -2.30. The summed E-state index contributed by atoms with van der Waals surface area (Å²) in [6.07, 6.45) is 31.3. The van der Waals surface area contributed by atoms with Gasteiger partial charge in [0.1, 0.15) is 12.7 Å². The summed E-state index contributed by atoms with van der Waals surface area (Å²) in [5.74, 6) is -1.26. The van der Waals surface area contributed by atoms with Crippen LogP contribution >= 0.6 is 7.82 Å². The first-order valence-corrected chi connectivity index (χ1v) is 23.1. The van der Waals surface area contributed by atoms with Crippen LogP contribution in [0.2, 0.25) is 0 Å². The fourth-order valence-corrected chi connectivity index (χ4v) is 6.36. The third-order valence-corrected chi connectivity index (χ3v) is 9.98. The number of carbonyl (C=O) groups excluding carboxylic acids is 2. The maximum Gasteiger partial charge on any atom is 0.472 e. The van der Waals surface area contributed by atoms with Crippen LogP contribution < -0.4 is 0 Å². The van der Waals surface area contributed by atoms with E-state index in [0.29, 0.717) is 12.8 Å². The fraction of sp³-hybridized carbons (Fsp3) is 0.727. The zero-order valence-corrected chi connectivity index (χ0v) is 36.2. The van der Waals surface area contributed by atoms with Crippen LogP contribution in [0.25, 0.3) is 0 Å². The van der Waals surface area contributed by atoms with Gasteiger partial charge in [-0.25, -0.2) is 4.57 Å². The molecule has 13 nitrogen and oxygen atoms in total. The molecule has 336 valence electrons. The smallest absolute Gasteiger partial charge is 0.462 e. The number of aliphatic hydroxyl groups is 5. The average Bonchev–Trinajstić information content (AvgIpc) is 3.20. The summed E-state index contributed by atoms with van der Waals surface area (Å²) in [6.45, 7) is 1.79. The number of unbranched alkanes of at least 4 members (excludes halogenated alkanes) is 14. The molecule has 0 aliphatic heterocycles. The third-order valence-electron chi connectivity index (χ3n) is 9.03. The molecule has 0 aromatic heterocycles. The second-order valence-corrected chi connectivity index (χ2v) is 16.0. The molecule has 0 aromatic rings. The van der Waals surface area contributed by atoms with Crippen LogP contribution in [0.4, 0.5) is 0 Å². The summed E-state index contributed by atoms with van der Waals surface area (Å²) < 4.78 is 32.5. The molecular formula is C44H77O13P. The first-order valence-electron chi connectivity index (χ1n) is 21.6. The second-order valence-electron chi connectivity index (χ2n) is 14.6. The monoisotopic (exact) mass is 845 g/mol. The molecule has 58 heavy (non-hydrogen) atoms. The molecule has 0 bridgehead atoms. The van der Waals surface area contributed by atoms with Crippen LogP contribution in [0, 0.1) is 0 Å². The van der Waals surface area contributed by atoms with Gasteiger partial charge in [0.15, 0.2) is 6.10 Å². The largest absolute Gasteiger partial charge is 0.472 e. The van der Waals surface area contributed by atoms with Crippen molar-refractivity contribution in [2.24, 2.45) is 0 Å². The fourth-order valence-electron chi connectivity index (χ4n) is 5.57. The maximum absolute atomic E-state index is 12.6. The first-order chi connectivity index (χ1) is 27.9. The number of hydrogen-bond acceptors (Lipinski definition) is 12. The highest BCUT2D eigenvalue weighted by molar-refractivity contribution is 7.47. The molecule has 0 aliphatic rings. The van der Waals surface area contributed by atoms with Gasteiger partial charge >= 0.3 is 19.8 Å².